The summed E-state index contributed by atoms with van der Waals surface area (Å²) < 4.78 is 8.90. The van der Waals surface area contributed by atoms with Crippen molar-refractivity contribution in [2.24, 2.45) is 0 Å². The first kappa shape index (κ1) is 15.4. The summed E-state index contributed by atoms with van der Waals surface area (Å²) in [4.78, 5) is 20.0. The Morgan fingerprint density at radius 3 is 2.24 bits per heavy atom. The number of carbonyl (C=O) groups excluding carboxylic acids is 2. The van der Waals surface area contributed by atoms with E-state index in [-0.39, 0.29) is 18.5 Å². The average molecular weight is 259 g/mol. The van der Waals surface area contributed by atoms with Gasteiger partial charge in [-0.1, -0.05) is 23.7 Å². The van der Waals surface area contributed by atoms with Crippen molar-refractivity contribution in [1.29, 1.82) is 0 Å². The van der Waals surface area contributed by atoms with Crippen LogP contribution in [0, 0.1) is 0 Å². The molecule has 1 aromatic carbocycles. The number of hydrogen-bond donors (Lipinski definition) is 0. The van der Waals surface area contributed by atoms with E-state index in [1.165, 1.54) is 21.0 Å². The number of halogens is 1. The van der Waals surface area contributed by atoms with Crippen molar-refractivity contribution in [3.05, 3.63) is 34.9 Å². The molecule has 0 aromatic heterocycles. The van der Waals surface area contributed by atoms with Crippen LogP contribution in [0.2, 0.25) is 5.02 Å². The molecule has 0 amide bonds. The van der Waals surface area contributed by atoms with E-state index in [2.05, 4.69) is 4.74 Å². The molecule has 0 heterocycles. The molecule has 0 fully saturated rings. The Balaban J connectivity index is 0.000000437. The second kappa shape index (κ2) is 8.58. The second-order valence-corrected chi connectivity index (χ2v) is 3.54. The van der Waals surface area contributed by atoms with Crippen molar-refractivity contribution in [3.63, 3.8) is 0 Å². The number of hydrogen-bond acceptors (Lipinski definition) is 4. The van der Waals surface area contributed by atoms with Crippen LogP contribution in [0.15, 0.2) is 24.3 Å². The van der Waals surface area contributed by atoms with Crippen LogP contribution in [-0.2, 0) is 25.7 Å². The highest BCUT2D eigenvalue weighted by Gasteiger charge is 1.96. The third kappa shape index (κ3) is 9.38. The lowest BCUT2D eigenvalue weighted by Gasteiger charge is -2.01. The lowest BCUT2D eigenvalue weighted by Crippen LogP contribution is -1.98. The van der Waals surface area contributed by atoms with E-state index in [4.69, 9.17) is 16.3 Å². The predicted molar refractivity (Wildman–Crippen MR) is 64.6 cm³/mol. The molecule has 0 unspecified atom stereocenters. The number of methoxy groups -OCH3 is 1. The minimum atomic E-state index is -0.282. The van der Waals surface area contributed by atoms with Crippen molar-refractivity contribution in [2.75, 3.05) is 7.11 Å². The summed E-state index contributed by atoms with van der Waals surface area (Å²) in [6.45, 7) is 3.03. The molecular formula is C12H15ClO4. The maximum atomic E-state index is 10.4. The molecule has 17 heavy (non-hydrogen) atoms. The second-order valence-electron chi connectivity index (χ2n) is 3.11. The molecule has 1 aromatic rings. The van der Waals surface area contributed by atoms with Gasteiger partial charge in [-0.3, -0.25) is 9.59 Å². The van der Waals surface area contributed by atoms with E-state index in [0.29, 0.717) is 5.02 Å². The largest absolute Gasteiger partial charge is 0.469 e. The van der Waals surface area contributed by atoms with Crippen molar-refractivity contribution >= 4 is 23.5 Å². The van der Waals surface area contributed by atoms with Gasteiger partial charge in [-0.05, 0) is 17.7 Å². The standard InChI is InChI=1S/C9H9ClO2.C3H6O2/c1-7(11)12-6-8-3-2-4-9(10)5-8;1-3(4)5-2/h2-5H,6H2,1H3;1-2H3. The van der Waals surface area contributed by atoms with E-state index < -0.39 is 0 Å². The van der Waals surface area contributed by atoms with Crippen LogP contribution < -0.4 is 0 Å². The Kier molecular flexibility index (Phi) is 7.80. The fourth-order valence-electron chi connectivity index (χ4n) is 0.812. The SMILES string of the molecule is CC(=O)OCc1cccc(Cl)c1.COC(C)=O. The number of rotatable bonds is 2. The summed E-state index contributed by atoms with van der Waals surface area (Å²) in [5.74, 6) is -0.528. The molecule has 1 rings (SSSR count). The van der Waals surface area contributed by atoms with E-state index in [1.807, 2.05) is 12.1 Å². The first-order valence-corrected chi connectivity index (χ1v) is 5.26. The zero-order valence-corrected chi connectivity index (χ0v) is 10.8. The molecule has 0 N–H and O–H groups in total. The molecule has 0 saturated carbocycles. The normalized spacial score (nSPS) is 8.71. The van der Waals surface area contributed by atoms with Gasteiger partial charge in [0.05, 0.1) is 7.11 Å². The number of carbonyl (C=O) groups is 2. The molecule has 0 saturated heterocycles. The summed E-state index contributed by atoms with van der Waals surface area (Å²) in [6, 6.07) is 7.22. The lowest BCUT2D eigenvalue weighted by atomic mass is 10.2. The highest BCUT2D eigenvalue weighted by molar-refractivity contribution is 6.30. The Bertz CT molecular complexity index is 377. The van der Waals surface area contributed by atoms with Gasteiger partial charge in [0.15, 0.2) is 0 Å². The van der Waals surface area contributed by atoms with Gasteiger partial charge in [-0.25, -0.2) is 0 Å². The minimum absolute atomic E-state index is 0.245. The Hall–Kier alpha value is -1.55. The number of ether oxygens (including phenoxy) is 2. The summed E-state index contributed by atoms with van der Waals surface area (Å²) in [6.07, 6.45) is 0. The molecular weight excluding hydrogens is 244 g/mol. The highest BCUT2D eigenvalue weighted by atomic mass is 35.5. The molecule has 0 radical (unpaired) electrons. The molecule has 0 bridgehead atoms. The van der Waals surface area contributed by atoms with Crippen LogP contribution in [-0.4, -0.2) is 19.0 Å². The molecule has 0 aliphatic rings. The smallest absolute Gasteiger partial charge is 0.302 e. The molecule has 4 nitrogen and oxygen atoms in total. The van der Waals surface area contributed by atoms with Gasteiger partial charge in [0.2, 0.25) is 0 Å². The monoisotopic (exact) mass is 258 g/mol. The Morgan fingerprint density at radius 1 is 1.24 bits per heavy atom. The zero-order valence-electron chi connectivity index (χ0n) is 10.0. The van der Waals surface area contributed by atoms with Gasteiger partial charge in [0.1, 0.15) is 6.61 Å². The molecule has 0 spiro atoms. The van der Waals surface area contributed by atoms with Crippen LogP contribution in [0.25, 0.3) is 0 Å². The molecule has 0 aliphatic carbocycles. The summed E-state index contributed by atoms with van der Waals surface area (Å²) in [5.41, 5.74) is 0.901. The highest BCUT2D eigenvalue weighted by Crippen LogP contribution is 2.11. The van der Waals surface area contributed by atoms with Gasteiger partial charge in [-0.15, -0.1) is 0 Å². The molecule has 0 aliphatic heterocycles. The predicted octanol–water partition coefficient (Wildman–Crippen LogP) is 2.58. The molecule has 94 valence electrons. The lowest BCUT2D eigenvalue weighted by molar-refractivity contribution is -0.142. The number of esters is 2. The van der Waals surface area contributed by atoms with Gasteiger partial charge in [0, 0.05) is 18.9 Å². The maximum Gasteiger partial charge on any atom is 0.302 e. The van der Waals surface area contributed by atoms with Gasteiger partial charge >= 0.3 is 11.9 Å². The topological polar surface area (TPSA) is 52.6 Å². The Labute approximate surface area is 105 Å². The summed E-state index contributed by atoms with van der Waals surface area (Å²) in [5, 5.41) is 0.652. The number of benzene rings is 1. The first-order chi connectivity index (χ1) is 7.95. The summed E-state index contributed by atoms with van der Waals surface area (Å²) in [7, 11) is 1.35. The molecule has 5 heteroatoms. The zero-order chi connectivity index (χ0) is 13.3. The fourth-order valence-corrected chi connectivity index (χ4v) is 1.02. The first-order valence-electron chi connectivity index (χ1n) is 4.88. The van der Waals surface area contributed by atoms with Crippen LogP contribution in [0.4, 0.5) is 0 Å². The van der Waals surface area contributed by atoms with Crippen LogP contribution in [0.1, 0.15) is 19.4 Å². The summed E-state index contributed by atoms with van der Waals surface area (Å²) >= 11 is 5.72. The van der Waals surface area contributed by atoms with Gasteiger partial charge < -0.3 is 9.47 Å². The van der Waals surface area contributed by atoms with E-state index in [9.17, 15) is 9.59 Å². The van der Waals surface area contributed by atoms with E-state index >= 15 is 0 Å². The van der Waals surface area contributed by atoms with Gasteiger partial charge in [-0.2, -0.15) is 0 Å². The quantitative estimate of drug-likeness (QED) is 0.765. The van der Waals surface area contributed by atoms with Crippen LogP contribution in [0.3, 0.4) is 0 Å². The molecule has 0 atom stereocenters. The van der Waals surface area contributed by atoms with Crippen molar-refractivity contribution in [3.8, 4) is 0 Å². The van der Waals surface area contributed by atoms with Crippen molar-refractivity contribution < 1.29 is 19.1 Å². The van der Waals surface area contributed by atoms with Crippen LogP contribution >= 0.6 is 11.6 Å². The third-order valence-corrected chi connectivity index (χ3v) is 1.85. The van der Waals surface area contributed by atoms with Crippen molar-refractivity contribution in [2.45, 2.75) is 20.5 Å². The Morgan fingerprint density at radius 2 is 1.82 bits per heavy atom. The van der Waals surface area contributed by atoms with Crippen LogP contribution in [0.5, 0.6) is 0 Å². The third-order valence-electron chi connectivity index (χ3n) is 1.62. The van der Waals surface area contributed by atoms with Crippen molar-refractivity contribution in [1.82, 2.24) is 0 Å². The minimum Gasteiger partial charge on any atom is -0.469 e. The fraction of sp³-hybridized carbons (Fsp3) is 0.333. The average Bonchev–Trinajstić information content (AvgIpc) is 2.27. The van der Waals surface area contributed by atoms with E-state index in [1.54, 1.807) is 12.1 Å². The van der Waals surface area contributed by atoms with Gasteiger partial charge in [0.25, 0.3) is 0 Å². The maximum absolute atomic E-state index is 10.4. The van der Waals surface area contributed by atoms with E-state index in [0.717, 1.165) is 5.56 Å².